The number of nitrogens with two attached hydrogens (primary N) is 1. The van der Waals surface area contributed by atoms with Crippen molar-refractivity contribution in [2.75, 3.05) is 0 Å². The van der Waals surface area contributed by atoms with Crippen LogP contribution < -0.4 is 5.84 Å². The molecule has 10 heavy (non-hydrogen) atoms. The minimum absolute atomic E-state index is 0.232. The molecule has 0 aliphatic carbocycles. The summed E-state index contributed by atoms with van der Waals surface area (Å²) in [7, 11) is 0. The lowest BCUT2D eigenvalue weighted by Crippen LogP contribution is -2.32. The highest BCUT2D eigenvalue weighted by molar-refractivity contribution is 5.76. The Balaban J connectivity index is 3.77. The van der Waals surface area contributed by atoms with E-state index in [9.17, 15) is 0 Å². The first-order valence-corrected chi connectivity index (χ1v) is 3.27. The zero-order valence-electron chi connectivity index (χ0n) is 6.83. The smallest absolute Gasteiger partial charge is 0.0583 e. The average molecular weight is 141 g/mol. The quantitative estimate of drug-likeness (QED) is 0.363. The monoisotopic (exact) mass is 141 g/mol. The predicted octanol–water partition coefficient (Wildman–Crippen LogP) is 1.13. The predicted molar refractivity (Wildman–Crippen MR) is 44.5 cm³/mol. The maximum atomic E-state index is 5.46. The second-order valence-electron chi connectivity index (χ2n) is 2.56. The van der Waals surface area contributed by atoms with E-state index in [1.807, 2.05) is 20.8 Å². The number of rotatable bonds is 3. The Hall–Kier alpha value is -0.830. The maximum Gasteiger partial charge on any atom is 0.0583 e. The van der Waals surface area contributed by atoms with E-state index < -0.39 is 0 Å². The second-order valence-corrected chi connectivity index (χ2v) is 2.56. The highest BCUT2D eigenvalue weighted by Gasteiger charge is 1.96. The van der Waals surface area contributed by atoms with Gasteiger partial charge in [0.2, 0.25) is 0 Å². The third-order valence-corrected chi connectivity index (χ3v) is 0.941. The van der Waals surface area contributed by atoms with Gasteiger partial charge in [0.05, 0.1) is 12.3 Å². The number of hydrogen-bond acceptors (Lipinski definition) is 3. The van der Waals surface area contributed by atoms with Gasteiger partial charge in [0, 0.05) is 0 Å². The van der Waals surface area contributed by atoms with Crippen molar-refractivity contribution in [1.82, 2.24) is 5.12 Å². The third-order valence-electron chi connectivity index (χ3n) is 0.941. The Kier molecular flexibility index (Phi) is 3.72. The van der Waals surface area contributed by atoms with Crippen LogP contribution in [-0.4, -0.2) is 17.4 Å². The summed E-state index contributed by atoms with van der Waals surface area (Å²) in [5, 5.41) is 5.31. The van der Waals surface area contributed by atoms with Crippen LogP contribution in [0.1, 0.15) is 20.8 Å². The van der Waals surface area contributed by atoms with Gasteiger partial charge in [-0.05, 0) is 26.3 Å². The lowest BCUT2D eigenvalue weighted by Gasteiger charge is -2.15. The van der Waals surface area contributed by atoms with E-state index in [2.05, 4.69) is 11.7 Å². The molecule has 0 aliphatic heterocycles. The number of allylic oxidation sites excluding steroid dienone is 1. The molecule has 0 radical (unpaired) electrons. The van der Waals surface area contributed by atoms with Gasteiger partial charge in [-0.25, -0.2) is 11.0 Å². The fourth-order valence-corrected chi connectivity index (χ4v) is 0.299. The van der Waals surface area contributed by atoms with E-state index in [1.54, 1.807) is 6.21 Å². The van der Waals surface area contributed by atoms with Gasteiger partial charge in [-0.2, -0.15) is 5.10 Å². The van der Waals surface area contributed by atoms with E-state index >= 15 is 0 Å². The lowest BCUT2D eigenvalue weighted by molar-refractivity contribution is 0.241. The number of hydrazone groups is 1. The molecule has 58 valence electrons. The Morgan fingerprint density at radius 1 is 1.70 bits per heavy atom. The summed E-state index contributed by atoms with van der Waals surface area (Å²) in [4.78, 5) is 0. The molecule has 0 unspecified atom stereocenters. The van der Waals surface area contributed by atoms with Gasteiger partial charge in [0.25, 0.3) is 0 Å². The van der Waals surface area contributed by atoms with Crippen molar-refractivity contribution in [2.24, 2.45) is 10.9 Å². The van der Waals surface area contributed by atoms with Gasteiger partial charge in [-0.15, -0.1) is 0 Å². The normalized spacial score (nSPS) is 10.9. The summed E-state index contributed by atoms with van der Waals surface area (Å²) in [6.45, 7) is 9.46. The van der Waals surface area contributed by atoms with Crippen molar-refractivity contribution in [3.8, 4) is 0 Å². The van der Waals surface area contributed by atoms with Gasteiger partial charge in [-0.1, -0.05) is 6.58 Å². The molecular formula is C7H15N3. The highest BCUT2D eigenvalue weighted by atomic mass is 15.6. The van der Waals surface area contributed by atoms with Crippen LogP contribution in [0.3, 0.4) is 0 Å². The third kappa shape index (κ3) is 4.09. The number of hydrazine groups is 1. The lowest BCUT2D eigenvalue weighted by atomic mass is 10.4. The van der Waals surface area contributed by atoms with Crippen molar-refractivity contribution in [3.63, 3.8) is 0 Å². The second kappa shape index (κ2) is 4.06. The van der Waals surface area contributed by atoms with Crippen LogP contribution in [0.4, 0.5) is 0 Å². The molecule has 0 amide bonds. The van der Waals surface area contributed by atoms with E-state index in [-0.39, 0.29) is 6.04 Å². The van der Waals surface area contributed by atoms with Crippen LogP contribution in [0.5, 0.6) is 0 Å². The highest BCUT2D eigenvalue weighted by Crippen LogP contribution is 1.90. The fourth-order valence-electron chi connectivity index (χ4n) is 0.299. The van der Waals surface area contributed by atoms with Crippen molar-refractivity contribution in [3.05, 3.63) is 12.2 Å². The first-order chi connectivity index (χ1) is 4.54. The number of hydrogen-bond donors (Lipinski definition) is 1. The Morgan fingerprint density at radius 2 is 2.20 bits per heavy atom. The number of nitrogens with zero attached hydrogens (tertiary/aromatic N) is 2. The van der Waals surface area contributed by atoms with Gasteiger partial charge >= 0.3 is 0 Å². The summed E-state index contributed by atoms with van der Waals surface area (Å²) in [5.74, 6) is 5.46. The maximum absolute atomic E-state index is 5.46. The molecule has 0 spiro atoms. The fraction of sp³-hybridized carbons (Fsp3) is 0.571. The van der Waals surface area contributed by atoms with Gasteiger partial charge in [0.1, 0.15) is 0 Å². The molecule has 0 aromatic rings. The molecule has 0 saturated heterocycles. The van der Waals surface area contributed by atoms with Crippen LogP contribution in [0, 0.1) is 0 Å². The van der Waals surface area contributed by atoms with Crippen molar-refractivity contribution >= 4 is 6.21 Å². The molecule has 0 atom stereocenters. The van der Waals surface area contributed by atoms with E-state index in [0.717, 1.165) is 5.57 Å². The summed E-state index contributed by atoms with van der Waals surface area (Å²) in [6, 6.07) is 0.232. The van der Waals surface area contributed by atoms with Gasteiger partial charge in [-0.3, -0.25) is 0 Å². The van der Waals surface area contributed by atoms with E-state index in [4.69, 9.17) is 5.84 Å². The van der Waals surface area contributed by atoms with E-state index in [1.165, 1.54) is 5.12 Å². The minimum atomic E-state index is 0.232. The molecule has 0 fully saturated rings. The first kappa shape index (κ1) is 9.17. The summed E-state index contributed by atoms with van der Waals surface area (Å²) >= 11 is 0. The molecular weight excluding hydrogens is 126 g/mol. The Labute approximate surface area is 62.2 Å². The van der Waals surface area contributed by atoms with Crippen LogP contribution in [0.15, 0.2) is 17.3 Å². The molecule has 0 heterocycles. The summed E-state index contributed by atoms with van der Waals surface area (Å²) in [6.07, 6.45) is 1.64. The van der Waals surface area contributed by atoms with Crippen LogP contribution in [0.2, 0.25) is 0 Å². The summed E-state index contributed by atoms with van der Waals surface area (Å²) in [5.41, 5.74) is 0.899. The van der Waals surface area contributed by atoms with E-state index in [0.29, 0.717) is 0 Å². The van der Waals surface area contributed by atoms with Crippen molar-refractivity contribution < 1.29 is 0 Å². The van der Waals surface area contributed by atoms with Crippen molar-refractivity contribution in [2.45, 2.75) is 26.8 Å². The molecule has 0 aromatic carbocycles. The standard InChI is InChI=1S/C7H15N3/c1-6(2)5-9-10(8)7(3)4/h5,7H,1,8H2,2-4H3/b9-5-. The zero-order chi connectivity index (χ0) is 8.15. The molecule has 0 aliphatic rings. The Morgan fingerprint density at radius 3 is 2.50 bits per heavy atom. The molecule has 2 N–H and O–H groups in total. The molecule has 3 nitrogen and oxygen atoms in total. The minimum Gasteiger partial charge on any atom is -0.231 e. The van der Waals surface area contributed by atoms with Crippen LogP contribution >= 0.6 is 0 Å². The summed E-state index contributed by atoms with van der Waals surface area (Å²) < 4.78 is 0. The Bertz CT molecular complexity index is 138. The average Bonchev–Trinajstić information content (AvgIpc) is 1.82. The molecule has 3 heteroatoms. The molecule has 0 aromatic heterocycles. The van der Waals surface area contributed by atoms with Crippen LogP contribution in [0.25, 0.3) is 0 Å². The van der Waals surface area contributed by atoms with Crippen LogP contribution in [-0.2, 0) is 0 Å². The molecule has 0 saturated carbocycles. The van der Waals surface area contributed by atoms with Gasteiger partial charge in [0.15, 0.2) is 0 Å². The first-order valence-electron chi connectivity index (χ1n) is 3.27. The topological polar surface area (TPSA) is 41.6 Å². The SMILES string of the molecule is C=C(C)/C=N\N(N)C(C)C. The molecule has 0 rings (SSSR count). The zero-order valence-corrected chi connectivity index (χ0v) is 6.83. The van der Waals surface area contributed by atoms with Crippen molar-refractivity contribution in [1.29, 1.82) is 0 Å². The van der Waals surface area contributed by atoms with Gasteiger partial charge < -0.3 is 0 Å². The molecule has 0 bridgehead atoms. The largest absolute Gasteiger partial charge is 0.231 e.